The maximum Gasteiger partial charge on any atom is 0.141 e. The molecule has 1 N–H and O–H groups in total. The summed E-state index contributed by atoms with van der Waals surface area (Å²) in [6.45, 7) is 4.41. The quantitative estimate of drug-likeness (QED) is 0.942. The average molecular weight is 302 g/mol. The van der Waals surface area contributed by atoms with E-state index in [0.29, 0.717) is 12.1 Å². The number of hydrogen-bond donors (Lipinski definition) is 1. The van der Waals surface area contributed by atoms with Crippen molar-refractivity contribution in [1.82, 2.24) is 15.3 Å². The molecule has 2 fully saturated rings. The first-order valence-electron chi connectivity index (χ1n) is 8.02. The Morgan fingerprint density at radius 2 is 2.19 bits per heavy atom. The van der Waals surface area contributed by atoms with E-state index < -0.39 is 0 Å². The van der Waals surface area contributed by atoms with Gasteiger partial charge in [-0.15, -0.1) is 11.3 Å². The Bertz CT molecular complexity index is 628. The molecule has 1 atom stereocenters. The molecule has 0 amide bonds. The van der Waals surface area contributed by atoms with Gasteiger partial charge in [0.15, 0.2) is 0 Å². The SMILES string of the molecule is Cc1cc2c(N(CC3CCCCN3)C3CC3)ncnc2s1. The summed E-state index contributed by atoms with van der Waals surface area (Å²) in [5.74, 6) is 1.15. The van der Waals surface area contributed by atoms with Crippen LogP contribution in [-0.2, 0) is 0 Å². The van der Waals surface area contributed by atoms with E-state index in [0.717, 1.165) is 17.2 Å². The number of anilines is 1. The van der Waals surface area contributed by atoms with E-state index in [9.17, 15) is 0 Å². The molecule has 1 aliphatic heterocycles. The molecular formula is C16H22N4S. The summed E-state index contributed by atoms with van der Waals surface area (Å²) in [5, 5.41) is 4.91. The first kappa shape index (κ1) is 13.5. The van der Waals surface area contributed by atoms with Crippen LogP contribution in [0.15, 0.2) is 12.4 Å². The van der Waals surface area contributed by atoms with Crippen molar-refractivity contribution in [2.24, 2.45) is 0 Å². The second kappa shape index (κ2) is 5.54. The molecule has 0 radical (unpaired) electrons. The van der Waals surface area contributed by atoms with Crippen molar-refractivity contribution in [3.05, 3.63) is 17.3 Å². The number of hydrogen-bond acceptors (Lipinski definition) is 5. The van der Waals surface area contributed by atoms with Gasteiger partial charge in [0.1, 0.15) is 17.0 Å². The molecule has 1 unspecified atom stereocenters. The number of nitrogens with zero attached hydrogens (tertiary/aromatic N) is 3. The van der Waals surface area contributed by atoms with E-state index in [1.807, 2.05) is 0 Å². The van der Waals surface area contributed by atoms with Gasteiger partial charge in [-0.3, -0.25) is 0 Å². The Morgan fingerprint density at radius 3 is 2.95 bits per heavy atom. The monoisotopic (exact) mass is 302 g/mol. The molecule has 1 aliphatic carbocycles. The maximum absolute atomic E-state index is 4.64. The number of piperidine rings is 1. The summed E-state index contributed by atoms with van der Waals surface area (Å²) in [6, 6.07) is 3.55. The number of nitrogens with one attached hydrogen (secondary N) is 1. The second-order valence-corrected chi connectivity index (χ2v) is 7.54. The summed E-state index contributed by atoms with van der Waals surface area (Å²) in [7, 11) is 0. The van der Waals surface area contributed by atoms with E-state index in [-0.39, 0.29) is 0 Å². The summed E-state index contributed by atoms with van der Waals surface area (Å²) >= 11 is 1.77. The number of aromatic nitrogens is 2. The molecule has 2 aromatic heterocycles. The van der Waals surface area contributed by atoms with Gasteiger partial charge in [-0.25, -0.2) is 9.97 Å². The third-order valence-electron chi connectivity index (χ3n) is 4.52. The summed E-state index contributed by atoms with van der Waals surface area (Å²) < 4.78 is 0. The summed E-state index contributed by atoms with van der Waals surface area (Å²) in [4.78, 5) is 14.1. The minimum atomic E-state index is 0.615. The molecule has 112 valence electrons. The Morgan fingerprint density at radius 1 is 1.29 bits per heavy atom. The van der Waals surface area contributed by atoms with Gasteiger partial charge in [0.05, 0.1) is 5.39 Å². The fourth-order valence-electron chi connectivity index (χ4n) is 3.30. The van der Waals surface area contributed by atoms with Crippen LogP contribution in [0.2, 0.25) is 0 Å². The third kappa shape index (κ3) is 2.77. The standard InChI is InChI=1S/C16H22N4S/c1-11-8-14-15(18-10-19-16(14)21-11)20(13-5-6-13)9-12-4-2-3-7-17-12/h8,10,12-13,17H,2-7,9H2,1H3. The lowest BCUT2D eigenvalue weighted by molar-refractivity contribution is 0.398. The predicted octanol–water partition coefficient (Wildman–Crippen LogP) is 3.11. The van der Waals surface area contributed by atoms with E-state index >= 15 is 0 Å². The lowest BCUT2D eigenvalue weighted by atomic mass is 10.0. The number of thiophene rings is 1. The number of fused-ring (bicyclic) bond motifs is 1. The van der Waals surface area contributed by atoms with E-state index in [4.69, 9.17) is 0 Å². The highest BCUT2D eigenvalue weighted by molar-refractivity contribution is 7.18. The van der Waals surface area contributed by atoms with Gasteiger partial charge < -0.3 is 10.2 Å². The van der Waals surface area contributed by atoms with E-state index in [2.05, 4.69) is 33.2 Å². The highest BCUT2D eigenvalue weighted by atomic mass is 32.1. The molecule has 21 heavy (non-hydrogen) atoms. The van der Waals surface area contributed by atoms with Gasteiger partial charge in [0.25, 0.3) is 0 Å². The van der Waals surface area contributed by atoms with Crippen LogP contribution in [0.25, 0.3) is 10.2 Å². The average Bonchev–Trinajstić information content (AvgIpc) is 3.26. The van der Waals surface area contributed by atoms with Crippen molar-refractivity contribution in [3.63, 3.8) is 0 Å². The third-order valence-corrected chi connectivity index (χ3v) is 5.48. The summed E-state index contributed by atoms with van der Waals surface area (Å²) in [6.07, 6.45) is 8.31. The topological polar surface area (TPSA) is 41.0 Å². The Balaban J connectivity index is 1.65. The van der Waals surface area contributed by atoms with E-state index in [1.165, 1.54) is 48.9 Å². The Labute approximate surface area is 129 Å². The molecule has 4 nitrogen and oxygen atoms in total. The number of rotatable bonds is 4. The van der Waals surface area contributed by atoms with Crippen LogP contribution in [0.3, 0.4) is 0 Å². The normalized spacial score (nSPS) is 22.6. The van der Waals surface area contributed by atoms with Crippen molar-refractivity contribution >= 4 is 27.4 Å². The van der Waals surface area contributed by atoms with Crippen LogP contribution in [0.4, 0.5) is 5.82 Å². The van der Waals surface area contributed by atoms with Crippen LogP contribution in [-0.4, -0.2) is 35.1 Å². The van der Waals surface area contributed by atoms with Crippen LogP contribution < -0.4 is 10.2 Å². The molecule has 4 rings (SSSR count). The van der Waals surface area contributed by atoms with Gasteiger partial charge >= 0.3 is 0 Å². The van der Waals surface area contributed by atoms with Crippen molar-refractivity contribution < 1.29 is 0 Å². The van der Waals surface area contributed by atoms with Crippen LogP contribution in [0.5, 0.6) is 0 Å². The van der Waals surface area contributed by atoms with Crippen molar-refractivity contribution in [2.45, 2.75) is 51.1 Å². The second-order valence-electron chi connectivity index (χ2n) is 6.30. The zero-order valence-electron chi connectivity index (χ0n) is 12.5. The molecule has 3 heterocycles. The van der Waals surface area contributed by atoms with Crippen molar-refractivity contribution in [3.8, 4) is 0 Å². The molecule has 0 bridgehead atoms. The van der Waals surface area contributed by atoms with Gasteiger partial charge in [0, 0.05) is 23.5 Å². The molecular weight excluding hydrogens is 280 g/mol. The van der Waals surface area contributed by atoms with Crippen LogP contribution in [0, 0.1) is 6.92 Å². The van der Waals surface area contributed by atoms with Gasteiger partial charge in [-0.2, -0.15) is 0 Å². The zero-order valence-corrected chi connectivity index (χ0v) is 13.3. The Hall–Kier alpha value is -1.20. The molecule has 1 saturated carbocycles. The number of aryl methyl sites for hydroxylation is 1. The smallest absolute Gasteiger partial charge is 0.141 e. The molecule has 1 saturated heterocycles. The van der Waals surface area contributed by atoms with Gasteiger partial charge in [-0.05, 0) is 45.2 Å². The molecule has 5 heteroatoms. The maximum atomic E-state index is 4.64. The lowest BCUT2D eigenvalue weighted by Crippen LogP contribution is -2.44. The first-order valence-corrected chi connectivity index (χ1v) is 8.84. The van der Waals surface area contributed by atoms with E-state index in [1.54, 1.807) is 17.7 Å². The minimum absolute atomic E-state index is 0.615. The highest BCUT2D eigenvalue weighted by Crippen LogP contribution is 2.36. The first-order chi connectivity index (χ1) is 10.3. The fourth-order valence-corrected chi connectivity index (χ4v) is 4.15. The molecule has 2 aromatic rings. The minimum Gasteiger partial charge on any atom is -0.351 e. The largest absolute Gasteiger partial charge is 0.351 e. The zero-order chi connectivity index (χ0) is 14.2. The predicted molar refractivity (Wildman–Crippen MR) is 88.2 cm³/mol. The molecule has 0 aromatic carbocycles. The molecule has 0 spiro atoms. The highest BCUT2D eigenvalue weighted by Gasteiger charge is 2.33. The molecule has 2 aliphatic rings. The van der Waals surface area contributed by atoms with Crippen LogP contribution in [0.1, 0.15) is 37.0 Å². The lowest BCUT2D eigenvalue weighted by Gasteiger charge is -2.31. The fraction of sp³-hybridized carbons (Fsp3) is 0.625. The van der Waals surface area contributed by atoms with Crippen molar-refractivity contribution in [2.75, 3.05) is 18.0 Å². The van der Waals surface area contributed by atoms with Crippen LogP contribution >= 0.6 is 11.3 Å². The van der Waals surface area contributed by atoms with Gasteiger partial charge in [0.2, 0.25) is 0 Å². The van der Waals surface area contributed by atoms with Gasteiger partial charge in [-0.1, -0.05) is 6.42 Å². The summed E-state index contributed by atoms with van der Waals surface area (Å²) in [5.41, 5.74) is 0. The Kier molecular flexibility index (Phi) is 3.55. The van der Waals surface area contributed by atoms with Crippen molar-refractivity contribution in [1.29, 1.82) is 0 Å².